The molecule has 0 bridgehead atoms. The number of amides is 2. The second kappa shape index (κ2) is 11.4. The Balaban J connectivity index is 1.88. The fourth-order valence-electron chi connectivity index (χ4n) is 4.92. The van der Waals surface area contributed by atoms with E-state index < -0.39 is 12.0 Å². The molecular formula is C29H32N2O8. The van der Waals surface area contributed by atoms with Crippen molar-refractivity contribution in [2.45, 2.75) is 12.0 Å². The average molecular weight is 537 g/mol. The Labute approximate surface area is 227 Å². The van der Waals surface area contributed by atoms with Crippen molar-refractivity contribution >= 4 is 17.5 Å². The topological polar surface area (TPSA) is 105 Å². The predicted molar refractivity (Wildman–Crippen MR) is 145 cm³/mol. The van der Waals surface area contributed by atoms with E-state index in [1.165, 1.54) is 35.5 Å². The summed E-state index contributed by atoms with van der Waals surface area (Å²) in [7, 11) is 10.8. The van der Waals surface area contributed by atoms with Crippen molar-refractivity contribution in [3.05, 3.63) is 65.2 Å². The van der Waals surface area contributed by atoms with E-state index in [4.69, 9.17) is 28.4 Å². The van der Waals surface area contributed by atoms with Crippen LogP contribution in [0.25, 0.3) is 0 Å². The summed E-state index contributed by atoms with van der Waals surface area (Å²) in [5.41, 5.74) is 2.05. The number of benzene rings is 3. The van der Waals surface area contributed by atoms with Crippen molar-refractivity contribution in [2.75, 3.05) is 55.0 Å². The Morgan fingerprint density at radius 3 is 1.79 bits per heavy atom. The fraction of sp³-hybridized carbons (Fsp3) is 0.310. The molecule has 3 aromatic carbocycles. The number of ether oxygens (including phenoxy) is 6. The monoisotopic (exact) mass is 536 g/mol. The number of nitrogens with zero attached hydrogens (tertiary/aromatic N) is 1. The Hall–Kier alpha value is -4.60. The fourth-order valence-corrected chi connectivity index (χ4v) is 4.92. The normalized spacial score (nSPS) is 16.2. The van der Waals surface area contributed by atoms with Crippen LogP contribution in [0.15, 0.2) is 48.5 Å². The minimum Gasteiger partial charge on any atom is -0.493 e. The lowest BCUT2D eigenvalue weighted by atomic mass is 9.79. The van der Waals surface area contributed by atoms with E-state index in [0.717, 1.165) is 0 Å². The highest BCUT2D eigenvalue weighted by molar-refractivity contribution is 6.05. The molecule has 0 radical (unpaired) electrons. The van der Waals surface area contributed by atoms with E-state index in [1.54, 1.807) is 61.5 Å². The second-order valence-electron chi connectivity index (χ2n) is 8.81. The number of hydrogen-bond donors (Lipinski definition) is 1. The molecule has 10 heteroatoms. The van der Waals surface area contributed by atoms with Crippen LogP contribution in [-0.4, -0.2) is 66.4 Å². The maximum absolute atomic E-state index is 14.1. The lowest BCUT2D eigenvalue weighted by Crippen LogP contribution is -2.44. The first-order chi connectivity index (χ1) is 18.8. The molecule has 0 saturated heterocycles. The van der Waals surface area contributed by atoms with Crippen molar-refractivity contribution in [2.24, 2.45) is 0 Å². The Morgan fingerprint density at radius 1 is 0.692 bits per heavy atom. The van der Waals surface area contributed by atoms with Gasteiger partial charge in [-0.3, -0.25) is 9.59 Å². The summed E-state index contributed by atoms with van der Waals surface area (Å²) in [6.45, 7) is 0. The number of methoxy groups -OCH3 is 6. The van der Waals surface area contributed by atoms with Gasteiger partial charge in [0.2, 0.25) is 5.91 Å². The highest BCUT2D eigenvalue weighted by atomic mass is 16.5. The van der Waals surface area contributed by atoms with Gasteiger partial charge in [0.05, 0.1) is 54.6 Å². The molecule has 2 amide bonds. The molecule has 206 valence electrons. The number of hydrogen-bond acceptors (Lipinski definition) is 8. The van der Waals surface area contributed by atoms with Gasteiger partial charge >= 0.3 is 0 Å². The van der Waals surface area contributed by atoms with Crippen molar-refractivity contribution in [3.8, 4) is 34.5 Å². The van der Waals surface area contributed by atoms with Gasteiger partial charge < -0.3 is 38.6 Å². The van der Waals surface area contributed by atoms with Crippen molar-refractivity contribution in [1.29, 1.82) is 0 Å². The predicted octanol–water partition coefficient (Wildman–Crippen LogP) is 4.29. The number of rotatable bonds is 9. The number of likely N-dealkylation sites (N-methyl/N-ethyl adjacent to an activating group) is 1. The van der Waals surface area contributed by atoms with Crippen LogP contribution in [0.1, 0.15) is 33.4 Å². The molecular weight excluding hydrogens is 504 g/mol. The zero-order valence-corrected chi connectivity index (χ0v) is 23.0. The number of anilines is 1. The summed E-state index contributed by atoms with van der Waals surface area (Å²) in [5, 5.41) is 2.99. The summed E-state index contributed by atoms with van der Waals surface area (Å²) >= 11 is 0. The maximum Gasteiger partial charge on any atom is 0.254 e. The summed E-state index contributed by atoms with van der Waals surface area (Å²) in [4.78, 5) is 29.3. The van der Waals surface area contributed by atoms with Gasteiger partial charge in [-0.2, -0.15) is 0 Å². The van der Waals surface area contributed by atoms with Crippen LogP contribution in [0, 0.1) is 0 Å². The van der Waals surface area contributed by atoms with Crippen LogP contribution >= 0.6 is 0 Å². The average Bonchev–Trinajstić information content (AvgIpc) is 2.97. The highest BCUT2D eigenvalue weighted by Crippen LogP contribution is 2.47. The molecule has 0 aromatic heterocycles. The third-order valence-electron chi connectivity index (χ3n) is 6.86. The Kier molecular flexibility index (Phi) is 8.04. The largest absolute Gasteiger partial charge is 0.493 e. The van der Waals surface area contributed by atoms with E-state index in [1.807, 2.05) is 6.07 Å². The third-order valence-corrected chi connectivity index (χ3v) is 6.86. The van der Waals surface area contributed by atoms with Gasteiger partial charge in [-0.05, 0) is 47.5 Å². The van der Waals surface area contributed by atoms with Crippen LogP contribution in [0.5, 0.6) is 34.5 Å². The molecule has 10 nitrogen and oxygen atoms in total. The number of carbonyl (C=O) groups excluding carboxylic acids is 2. The summed E-state index contributed by atoms with van der Waals surface area (Å²) in [6.07, 6.45) is 0. The quantitative estimate of drug-likeness (QED) is 0.432. The van der Waals surface area contributed by atoms with Gasteiger partial charge in [-0.25, -0.2) is 0 Å². The van der Waals surface area contributed by atoms with E-state index in [9.17, 15) is 9.59 Å². The molecule has 1 aliphatic rings. The molecule has 0 saturated carbocycles. The van der Waals surface area contributed by atoms with E-state index in [0.29, 0.717) is 56.9 Å². The first-order valence-corrected chi connectivity index (χ1v) is 12.1. The van der Waals surface area contributed by atoms with Crippen molar-refractivity contribution in [3.63, 3.8) is 0 Å². The molecule has 39 heavy (non-hydrogen) atoms. The summed E-state index contributed by atoms with van der Waals surface area (Å²) in [5.74, 6) is 1.38. The number of nitrogens with one attached hydrogen (secondary N) is 1. The van der Waals surface area contributed by atoms with Crippen molar-refractivity contribution in [1.82, 2.24) is 4.90 Å². The second-order valence-corrected chi connectivity index (χ2v) is 8.81. The van der Waals surface area contributed by atoms with Gasteiger partial charge in [0.1, 0.15) is 0 Å². The molecule has 2 atom stereocenters. The van der Waals surface area contributed by atoms with Gasteiger partial charge in [0.25, 0.3) is 5.91 Å². The van der Waals surface area contributed by atoms with Gasteiger partial charge in [-0.1, -0.05) is 6.07 Å². The van der Waals surface area contributed by atoms with E-state index in [-0.39, 0.29) is 11.8 Å². The smallest absolute Gasteiger partial charge is 0.254 e. The van der Waals surface area contributed by atoms with Gasteiger partial charge in [0, 0.05) is 24.4 Å². The van der Waals surface area contributed by atoms with Crippen LogP contribution in [0.2, 0.25) is 0 Å². The lowest BCUT2D eigenvalue weighted by molar-refractivity contribution is -0.119. The number of carbonyl (C=O) groups is 2. The molecule has 1 heterocycles. The molecule has 0 unspecified atom stereocenters. The molecule has 0 spiro atoms. The zero-order valence-electron chi connectivity index (χ0n) is 23.0. The molecule has 3 aromatic rings. The molecule has 1 N–H and O–H groups in total. The van der Waals surface area contributed by atoms with Crippen LogP contribution in [0.3, 0.4) is 0 Å². The van der Waals surface area contributed by atoms with E-state index in [2.05, 4.69) is 5.32 Å². The van der Waals surface area contributed by atoms with Crippen LogP contribution in [0.4, 0.5) is 5.69 Å². The molecule has 0 fully saturated rings. The SMILES string of the molecule is COc1ccc(NC(=O)[C@H]2c3cc(OC)c(OC)cc3C(=O)N(C)[C@@H]2c2ccc(OC)c(OC)c2)cc1OC. The van der Waals surface area contributed by atoms with Crippen LogP contribution in [-0.2, 0) is 4.79 Å². The van der Waals surface area contributed by atoms with Gasteiger partial charge in [-0.15, -0.1) is 0 Å². The summed E-state index contributed by atoms with van der Waals surface area (Å²) in [6, 6.07) is 13.1. The highest BCUT2D eigenvalue weighted by Gasteiger charge is 2.44. The Bertz CT molecular complexity index is 1390. The lowest BCUT2D eigenvalue weighted by Gasteiger charge is -2.40. The Morgan fingerprint density at radius 2 is 1.21 bits per heavy atom. The van der Waals surface area contributed by atoms with Gasteiger partial charge in [0.15, 0.2) is 34.5 Å². The zero-order chi connectivity index (χ0) is 28.3. The molecule has 0 aliphatic carbocycles. The first kappa shape index (κ1) is 27.4. The van der Waals surface area contributed by atoms with E-state index >= 15 is 0 Å². The van der Waals surface area contributed by atoms with Crippen LogP contribution < -0.4 is 33.7 Å². The standard InChI is InChI=1S/C29H32N2O8/c1-31-27(16-8-10-20(34-2)22(12-16)36-4)26(18-14-24(38-6)25(39-7)15-19(18)29(31)33)28(32)30-17-9-11-21(35-3)23(13-17)37-5/h8-15,26-27H,1-7H3,(H,30,32)/t26-,27+/m0/s1. The first-order valence-electron chi connectivity index (χ1n) is 12.1. The summed E-state index contributed by atoms with van der Waals surface area (Å²) < 4.78 is 32.6. The van der Waals surface area contributed by atoms with Crippen molar-refractivity contribution < 1.29 is 38.0 Å². The third kappa shape index (κ3) is 4.97. The number of fused-ring (bicyclic) bond motifs is 1. The minimum atomic E-state index is -0.825. The molecule has 1 aliphatic heterocycles. The molecule has 4 rings (SSSR count). The minimum absolute atomic E-state index is 0.263. The maximum atomic E-state index is 14.1.